The van der Waals surface area contributed by atoms with Crippen molar-refractivity contribution in [1.82, 2.24) is 5.32 Å². The van der Waals surface area contributed by atoms with E-state index in [1.54, 1.807) is 0 Å². The fraction of sp³-hybridized carbons (Fsp3) is 0.364. The van der Waals surface area contributed by atoms with E-state index < -0.39 is 10.0 Å². The third-order valence-corrected chi connectivity index (χ3v) is 4.91. The molecule has 1 amide bonds. The molecule has 0 radical (unpaired) electrons. The molecule has 19 heavy (non-hydrogen) atoms. The number of sulfonamides is 1. The average Bonchev–Trinajstić information content (AvgIpc) is 2.27. The molecule has 0 bridgehead atoms. The largest absolute Gasteiger partial charge is 0.352 e. The number of amides is 1. The minimum absolute atomic E-state index is 0.114. The summed E-state index contributed by atoms with van der Waals surface area (Å²) in [5.74, 6) is -0.335. The van der Waals surface area contributed by atoms with E-state index in [0.717, 1.165) is 12.8 Å². The highest BCUT2D eigenvalue weighted by Crippen LogP contribution is 2.28. The Morgan fingerprint density at radius 1 is 1.32 bits per heavy atom. The SMILES string of the molecule is CCCCNC(=O)c1cc(S(N)(=O)=O)c(Br)cc1Br. The lowest BCUT2D eigenvalue weighted by atomic mass is 10.2. The zero-order valence-corrected chi connectivity index (χ0v) is 14.2. The van der Waals surface area contributed by atoms with Crippen LogP contribution in [0.15, 0.2) is 26.0 Å². The molecule has 1 rings (SSSR count). The highest BCUT2D eigenvalue weighted by atomic mass is 79.9. The van der Waals surface area contributed by atoms with Gasteiger partial charge in [0.25, 0.3) is 5.91 Å². The summed E-state index contributed by atoms with van der Waals surface area (Å²) in [6.45, 7) is 2.56. The van der Waals surface area contributed by atoms with Gasteiger partial charge in [0.05, 0.1) is 10.5 Å². The van der Waals surface area contributed by atoms with Crippen LogP contribution < -0.4 is 10.5 Å². The Kier molecular flexibility index (Phi) is 5.97. The molecule has 8 heteroatoms. The van der Waals surface area contributed by atoms with Gasteiger partial charge < -0.3 is 5.32 Å². The summed E-state index contributed by atoms with van der Waals surface area (Å²) in [4.78, 5) is 11.8. The molecule has 0 saturated heterocycles. The summed E-state index contributed by atoms with van der Waals surface area (Å²) in [6, 6.07) is 2.75. The lowest BCUT2D eigenvalue weighted by Gasteiger charge is -2.09. The van der Waals surface area contributed by atoms with E-state index >= 15 is 0 Å². The number of nitrogens with two attached hydrogens (primary N) is 1. The lowest BCUT2D eigenvalue weighted by Crippen LogP contribution is -2.25. The minimum Gasteiger partial charge on any atom is -0.352 e. The number of hydrogen-bond acceptors (Lipinski definition) is 3. The normalized spacial score (nSPS) is 11.4. The predicted molar refractivity (Wildman–Crippen MR) is 80.5 cm³/mol. The summed E-state index contributed by atoms with van der Waals surface area (Å²) >= 11 is 6.34. The number of nitrogens with one attached hydrogen (secondary N) is 1. The van der Waals surface area contributed by atoms with E-state index in [1.165, 1.54) is 12.1 Å². The van der Waals surface area contributed by atoms with E-state index in [2.05, 4.69) is 37.2 Å². The Bertz CT molecular complexity index is 588. The second-order valence-electron chi connectivity index (χ2n) is 3.92. The van der Waals surface area contributed by atoms with Crippen molar-refractivity contribution in [3.63, 3.8) is 0 Å². The molecule has 3 N–H and O–H groups in total. The van der Waals surface area contributed by atoms with Crippen molar-refractivity contribution >= 4 is 47.8 Å². The minimum atomic E-state index is -3.88. The van der Waals surface area contributed by atoms with Crippen LogP contribution in [-0.2, 0) is 10.0 Å². The van der Waals surface area contributed by atoms with Crippen LogP contribution in [0.4, 0.5) is 0 Å². The van der Waals surface area contributed by atoms with Crippen LogP contribution in [0.1, 0.15) is 30.1 Å². The maximum atomic E-state index is 11.9. The molecule has 0 unspecified atom stereocenters. The first kappa shape index (κ1) is 16.6. The van der Waals surface area contributed by atoms with E-state index in [1.807, 2.05) is 6.92 Å². The number of benzene rings is 1. The topological polar surface area (TPSA) is 89.3 Å². The van der Waals surface area contributed by atoms with Crippen LogP contribution in [0, 0.1) is 0 Å². The fourth-order valence-corrected chi connectivity index (χ4v) is 3.86. The summed E-state index contributed by atoms with van der Waals surface area (Å²) < 4.78 is 23.6. The first-order valence-electron chi connectivity index (χ1n) is 5.57. The monoisotopic (exact) mass is 412 g/mol. The summed E-state index contributed by atoms with van der Waals surface area (Å²) in [5.41, 5.74) is 0.239. The maximum Gasteiger partial charge on any atom is 0.252 e. The van der Waals surface area contributed by atoms with Crippen molar-refractivity contribution in [1.29, 1.82) is 0 Å². The van der Waals surface area contributed by atoms with Crippen molar-refractivity contribution in [2.24, 2.45) is 5.14 Å². The molecule has 0 aliphatic carbocycles. The van der Waals surface area contributed by atoms with Crippen LogP contribution in [-0.4, -0.2) is 20.9 Å². The molecular formula is C11H14Br2N2O3S. The number of carbonyl (C=O) groups is 1. The maximum absolute atomic E-state index is 11.9. The van der Waals surface area contributed by atoms with Gasteiger partial charge >= 0.3 is 0 Å². The molecule has 0 aliphatic rings. The van der Waals surface area contributed by atoms with Gasteiger partial charge in [0, 0.05) is 15.5 Å². The number of carbonyl (C=O) groups excluding carboxylic acids is 1. The molecular weight excluding hydrogens is 400 g/mol. The zero-order valence-electron chi connectivity index (χ0n) is 10.2. The number of unbranched alkanes of at least 4 members (excludes halogenated alkanes) is 1. The quantitative estimate of drug-likeness (QED) is 0.726. The Hall–Kier alpha value is -0.440. The number of primary sulfonamides is 1. The zero-order chi connectivity index (χ0) is 14.6. The average molecular weight is 414 g/mol. The Balaban J connectivity index is 3.11. The third-order valence-electron chi connectivity index (χ3n) is 2.39. The molecule has 0 atom stereocenters. The van der Waals surface area contributed by atoms with Gasteiger partial charge in [-0.15, -0.1) is 0 Å². The molecule has 0 fully saturated rings. The highest BCUT2D eigenvalue weighted by Gasteiger charge is 2.19. The second kappa shape index (κ2) is 6.83. The van der Waals surface area contributed by atoms with Gasteiger partial charge in [-0.3, -0.25) is 4.79 Å². The van der Waals surface area contributed by atoms with E-state index in [0.29, 0.717) is 15.5 Å². The molecule has 5 nitrogen and oxygen atoms in total. The Morgan fingerprint density at radius 2 is 1.95 bits per heavy atom. The molecule has 0 aromatic heterocycles. The summed E-state index contributed by atoms with van der Waals surface area (Å²) in [5, 5.41) is 7.81. The van der Waals surface area contributed by atoms with Crippen LogP contribution >= 0.6 is 31.9 Å². The van der Waals surface area contributed by atoms with Gasteiger partial charge in [0.15, 0.2) is 0 Å². The van der Waals surface area contributed by atoms with Gasteiger partial charge in [0.1, 0.15) is 0 Å². The number of halogens is 2. The standard InChI is InChI=1S/C11H14Br2N2O3S/c1-2-3-4-15-11(16)7-5-10(19(14,17)18)9(13)6-8(7)12/h5-6H,2-4H2,1H3,(H,15,16)(H2,14,17,18). The second-order valence-corrected chi connectivity index (χ2v) is 7.16. The molecule has 0 heterocycles. The van der Waals surface area contributed by atoms with Gasteiger partial charge in [-0.1, -0.05) is 13.3 Å². The lowest BCUT2D eigenvalue weighted by molar-refractivity contribution is 0.0952. The molecule has 0 spiro atoms. The third kappa shape index (κ3) is 4.55. The van der Waals surface area contributed by atoms with E-state index in [9.17, 15) is 13.2 Å². The summed E-state index contributed by atoms with van der Waals surface area (Å²) in [6.07, 6.45) is 1.83. The predicted octanol–water partition coefficient (Wildman–Crippen LogP) is 2.39. The summed E-state index contributed by atoms with van der Waals surface area (Å²) in [7, 11) is -3.88. The molecule has 1 aromatic carbocycles. The Morgan fingerprint density at radius 3 is 2.47 bits per heavy atom. The van der Waals surface area contributed by atoms with Crippen LogP contribution in [0.5, 0.6) is 0 Å². The van der Waals surface area contributed by atoms with Gasteiger partial charge in [-0.05, 0) is 50.4 Å². The van der Waals surface area contributed by atoms with Crippen molar-refractivity contribution < 1.29 is 13.2 Å². The van der Waals surface area contributed by atoms with Gasteiger partial charge in [-0.25, -0.2) is 13.6 Å². The molecule has 0 saturated carbocycles. The first-order chi connectivity index (χ1) is 8.77. The van der Waals surface area contributed by atoms with Gasteiger partial charge in [0.2, 0.25) is 10.0 Å². The molecule has 0 aliphatic heterocycles. The van der Waals surface area contributed by atoms with E-state index in [-0.39, 0.29) is 16.4 Å². The molecule has 106 valence electrons. The van der Waals surface area contributed by atoms with Crippen LogP contribution in [0.3, 0.4) is 0 Å². The van der Waals surface area contributed by atoms with Crippen LogP contribution in [0.2, 0.25) is 0 Å². The van der Waals surface area contributed by atoms with Crippen molar-refractivity contribution in [2.75, 3.05) is 6.54 Å². The number of hydrogen-bond donors (Lipinski definition) is 2. The van der Waals surface area contributed by atoms with Crippen molar-refractivity contribution in [2.45, 2.75) is 24.7 Å². The number of rotatable bonds is 5. The van der Waals surface area contributed by atoms with Crippen molar-refractivity contribution in [3.05, 3.63) is 26.6 Å². The fourth-order valence-electron chi connectivity index (χ4n) is 1.40. The smallest absolute Gasteiger partial charge is 0.252 e. The highest BCUT2D eigenvalue weighted by molar-refractivity contribution is 9.11. The molecule has 1 aromatic rings. The first-order valence-corrected chi connectivity index (χ1v) is 8.70. The van der Waals surface area contributed by atoms with Gasteiger partial charge in [-0.2, -0.15) is 0 Å². The Labute approximate surface area is 129 Å². The van der Waals surface area contributed by atoms with E-state index in [4.69, 9.17) is 5.14 Å². The van der Waals surface area contributed by atoms with Crippen LogP contribution in [0.25, 0.3) is 0 Å². The van der Waals surface area contributed by atoms with Crippen molar-refractivity contribution in [3.8, 4) is 0 Å².